The van der Waals surface area contributed by atoms with E-state index in [0.717, 1.165) is 0 Å². The molecule has 4 heteroatoms. The lowest BCUT2D eigenvalue weighted by atomic mass is 10.4. The Kier molecular flexibility index (Phi) is 4.00. The van der Waals surface area contributed by atoms with Crippen molar-refractivity contribution in [3.63, 3.8) is 0 Å². The summed E-state index contributed by atoms with van der Waals surface area (Å²) in [5.41, 5.74) is 0. The van der Waals surface area contributed by atoms with E-state index in [9.17, 15) is 4.79 Å². The van der Waals surface area contributed by atoms with Gasteiger partial charge in [-0.05, 0) is 13.8 Å². The standard InChI is InChI=1S/C5H9O4/c1-3-8-9-4(2)5(6)7/h4H,1,3H2,2H3,(H,6,7). The molecule has 0 aliphatic carbocycles. The van der Waals surface area contributed by atoms with E-state index < -0.39 is 12.1 Å². The van der Waals surface area contributed by atoms with E-state index in [0.29, 0.717) is 0 Å². The average molecular weight is 133 g/mol. The lowest BCUT2D eigenvalue weighted by Crippen LogP contribution is -2.19. The zero-order valence-electron chi connectivity index (χ0n) is 5.16. The number of rotatable bonds is 4. The van der Waals surface area contributed by atoms with Gasteiger partial charge in [-0.15, -0.1) is 0 Å². The molecule has 0 aromatic rings. The molecule has 1 N–H and O–H groups in total. The molecule has 53 valence electrons. The van der Waals surface area contributed by atoms with Crippen LogP contribution in [0.25, 0.3) is 0 Å². The highest BCUT2D eigenvalue weighted by Crippen LogP contribution is 1.89. The van der Waals surface area contributed by atoms with Crippen LogP contribution in [0.3, 0.4) is 0 Å². The summed E-state index contributed by atoms with van der Waals surface area (Å²) in [6.45, 7) is 4.76. The molecule has 0 fully saturated rings. The first-order valence-electron chi connectivity index (χ1n) is 2.48. The number of carbonyl (C=O) groups is 1. The van der Waals surface area contributed by atoms with Crippen LogP contribution in [0.2, 0.25) is 0 Å². The second-order valence-corrected chi connectivity index (χ2v) is 1.40. The molecule has 0 saturated carbocycles. The molecular weight excluding hydrogens is 124 g/mol. The van der Waals surface area contributed by atoms with Crippen molar-refractivity contribution in [2.45, 2.75) is 13.0 Å². The van der Waals surface area contributed by atoms with Gasteiger partial charge < -0.3 is 5.11 Å². The van der Waals surface area contributed by atoms with Crippen LogP contribution in [0.5, 0.6) is 0 Å². The maximum atomic E-state index is 9.98. The third kappa shape index (κ3) is 3.93. The molecule has 0 heterocycles. The highest BCUT2D eigenvalue weighted by atomic mass is 17.2. The third-order valence-corrected chi connectivity index (χ3v) is 0.643. The van der Waals surface area contributed by atoms with Gasteiger partial charge in [0, 0.05) is 0 Å². The van der Waals surface area contributed by atoms with Gasteiger partial charge in [0.1, 0.15) is 0 Å². The lowest BCUT2D eigenvalue weighted by Gasteiger charge is -2.03. The Morgan fingerprint density at radius 1 is 1.89 bits per heavy atom. The highest BCUT2D eigenvalue weighted by molar-refractivity contribution is 5.71. The van der Waals surface area contributed by atoms with Crippen LogP contribution in [-0.4, -0.2) is 23.8 Å². The van der Waals surface area contributed by atoms with Crippen LogP contribution in [0.1, 0.15) is 6.92 Å². The van der Waals surface area contributed by atoms with Crippen molar-refractivity contribution in [1.29, 1.82) is 0 Å². The van der Waals surface area contributed by atoms with Crippen LogP contribution >= 0.6 is 0 Å². The van der Waals surface area contributed by atoms with Gasteiger partial charge in [0.05, 0.1) is 6.61 Å². The fourth-order valence-electron chi connectivity index (χ4n) is 0.191. The van der Waals surface area contributed by atoms with E-state index in [1.54, 1.807) is 0 Å². The molecular formula is C5H9O4. The minimum atomic E-state index is -1.05. The summed E-state index contributed by atoms with van der Waals surface area (Å²) in [5, 5.41) is 8.18. The Labute approximate surface area is 53.3 Å². The van der Waals surface area contributed by atoms with Crippen LogP contribution in [0, 0.1) is 6.92 Å². The summed E-state index contributed by atoms with van der Waals surface area (Å²) >= 11 is 0. The van der Waals surface area contributed by atoms with Gasteiger partial charge in [-0.25, -0.2) is 14.6 Å². The number of hydrogen-bond acceptors (Lipinski definition) is 3. The smallest absolute Gasteiger partial charge is 0.335 e. The first-order chi connectivity index (χ1) is 4.18. The quantitative estimate of drug-likeness (QED) is 0.441. The molecule has 1 radical (unpaired) electrons. The van der Waals surface area contributed by atoms with Gasteiger partial charge in [-0.3, -0.25) is 0 Å². The van der Waals surface area contributed by atoms with Gasteiger partial charge in [-0.1, -0.05) is 0 Å². The molecule has 0 amide bonds. The van der Waals surface area contributed by atoms with Crippen LogP contribution in [0.4, 0.5) is 0 Å². The predicted octanol–water partition coefficient (Wildman–Crippen LogP) is 0.242. The molecule has 0 spiro atoms. The monoisotopic (exact) mass is 133 g/mol. The first kappa shape index (κ1) is 8.39. The fourth-order valence-corrected chi connectivity index (χ4v) is 0.191. The number of hydrogen-bond donors (Lipinski definition) is 1. The summed E-state index contributed by atoms with van der Waals surface area (Å²) in [6.07, 6.45) is -0.924. The second kappa shape index (κ2) is 4.29. The molecule has 9 heavy (non-hydrogen) atoms. The molecule has 0 bridgehead atoms. The maximum absolute atomic E-state index is 9.98. The summed E-state index contributed by atoms with van der Waals surface area (Å²) in [7, 11) is 0. The normalized spacial score (nSPS) is 13.1. The zero-order valence-corrected chi connectivity index (χ0v) is 5.16. The zero-order chi connectivity index (χ0) is 7.28. The van der Waals surface area contributed by atoms with Gasteiger partial charge >= 0.3 is 5.97 Å². The SMILES string of the molecule is [CH2]COOC(C)C(=O)O. The summed E-state index contributed by atoms with van der Waals surface area (Å²) in [6, 6.07) is 0. The fraction of sp³-hybridized carbons (Fsp3) is 0.600. The summed E-state index contributed by atoms with van der Waals surface area (Å²) < 4.78 is 0. The van der Waals surface area contributed by atoms with Gasteiger partial charge in [-0.2, -0.15) is 0 Å². The Morgan fingerprint density at radius 3 is 2.78 bits per heavy atom. The maximum Gasteiger partial charge on any atom is 0.335 e. The summed E-state index contributed by atoms with van der Waals surface area (Å²) in [4.78, 5) is 18.5. The molecule has 0 rings (SSSR count). The van der Waals surface area contributed by atoms with Crippen molar-refractivity contribution in [3.8, 4) is 0 Å². The van der Waals surface area contributed by atoms with Gasteiger partial charge in [0.2, 0.25) is 0 Å². The van der Waals surface area contributed by atoms with E-state index in [-0.39, 0.29) is 6.61 Å². The number of carboxylic acids is 1. The van der Waals surface area contributed by atoms with Crippen molar-refractivity contribution in [2.24, 2.45) is 0 Å². The molecule has 0 aliphatic heterocycles. The van der Waals surface area contributed by atoms with Crippen LogP contribution < -0.4 is 0 Å². The topological polar surface area (TPSA) is 55.8 Å². The molecule has 0 aromatic heterocycles. The molecule has 1 unspecified atom stereocenters. The minimum absolute atomic E-state index is 0.109. The average Bonchev–Trinajstić information content (AvgIpc) is 1.82. The number of aliphatic carboxylic acids is 1. The van der Waals surface area contributed by atoms with Crippen molar-refractivity contribution < 1.29 is 19.7 Å². The molecule has 1 atom stereocenters. The van der Waals surface area contributed by atoms with Crippen LogP contribution in [-0.2, 0) is 14.6 Å². The van der Waals surface area contributed by atoms with E-state index >= 15 is 0 Å². The Balaban J connectivity index is 3.27. The van der Waals surface area contributed by atoms with Crippen LogP contribution in [0.15, 0.2) is 0 Å². The van der Waals surface area contributed by atoms with Crippen molar-refractivity contribution in [2.75, 3.05) is 6.61 Å². The van der Waals surface area contributed by atoms with Gasteiger partial charge in [0.15, 0.2) is 6.10 Å². The van der Waals surface area contributed by atoms with E-state index in [4.69, 9.17) is 5.11 Å². The summed E-state index contributed by atoms with van der Waals surface area (Å²) in [5.74, 6) is -1.05. The lowest BCUT2D eigenvalue weighted by molar-refractivity contribution is -0.309. The molecule has 4 nitrogen and oxygen atoms in total. The Bertz CT molecular complexity index is 91.0. The predicted molar refractivity (Wildman–Crippen MR) is 29.5 cm³/mol. The van der Waals surface area contributed by atoms with Gasteiger partial charge in [0.25, 0.3) is 0 Å². The highest BCUT2D eigenvalue weighted by Gasteiger charge is 2.10. The van der Waals surface area contributed by atoms with Crippen molar-refractivity contribution in [1.82, 2.24) is 0 Å². The van der Waals surface area contributed by atoms with E-state index in [1.165, 1.54) is 6.92 Å². The van der Waals surface area contributed by atoms with E-state index in [2.05, 4.69) is 16.7 Å². The third-order valence-electron chi connectivity index (χ3n) is 0.643. The molecule has 0 saturated heterocycles. The molecule has 0 aromatic carbocycles. The minimum Gasteiger partial charge on any atom is -0.479 e. The van der Waals surface area contributed by atoms with E-state index in [1.807, 2.05) is 0 Å². The first-order valence-corrected chi connectivity index (χ1v) is 2.48. The largest absolute Gasteiger partial charge is 0.479 e. The number of carboxylic acid groups (broad SMARTS) is 1. The van der Waals surface area contributed by atoms with Crippen molar-refractivity contribution in [3.05, 3.63) is 6.92 Å². The van der Waals surface area contributed by atoms with Crippen molar-refractivity contribution >= 4 is 5.97 Å². The molecule has 0 aliphatic rings. The Morgan fingerprint density at radius 2 is 2.44 bits per heavy atom. The Hall–Kier alpha value is -0.610. The second-order valence-electron chi connectivity index (χ2n) is 1.40.